The molecule has 3 rings (SSSR count). The fourth-order valence-electron chi connectivity index (χ4n) is 3.29. The van der Waals surface area contributed by atoms with Gasteiger partial charge in [-0.3, -0.25) is 0 Å². The molecule has 0 radical (unpaired) electrons. The van der Waals surface area contributed by atoms with Gasteiger partial charge in [0.2, 0.25) is 0 Å². The van der Waals surface area contributed by atoms with E-state index in [2.05, 4.69) is 54.7 Å². The predicted octanol–water partition coefficient (Wildman–Crippen LogP) is 4.45. The molecular weight excluding hydrogens is 258 g/mol. The fraction of sp³-hybridized carbons (Fsp3) is 0.474. The van der Waals surface area contributed by atoms with Gasteiger partial charge in [-0.15, -0.1) is 0 Å². The number of benzene rings is 2. The van der Waals surface area contributed by atoms with Gasteiger partial charge in [0, 0.05) is 12.6 Å². The largest absolute Gasteiger partial charge is 0.378 e. The standard InChI is InChI=1S/C19H25NO/c1-2-12-20-19(14-16-9-6-13-21-16)18-11-5-8-15-7-3-4-10-17(15)18/h3-5,7-8,10-11,16,19-20H,2,6,9,12-14H2,1H3. The number of hydrogen-bond acceptors (Lipinski definition) is 2. The second-order valence-electron chi connectivity index (χ2n) is 5.95. The molecule has 21 heavy (non-hydrogen) atoms. The normalized spacial score (nSPS) is 20.0. The first-order chi connectivity index (χ1) is 10.4. The van der Waals surface area contributed by atoms with E-state index in [1.165, 1.54) is 29.2 Å². The number of hydrogen-bond donors (Lipinski definition) is 1. The van der Waals surface area contributed by atoms with Crippen molar-refractivity contribution < 1.29 is 4.74 Å². The van der Waals surface area contributed by atoms with Crippen LogP contribution in [0.2, 0.25) is 0 Å². The molecule has 2 atom stereocenters. The highest BCUT2D eigenvalue weighted by atomic mass is 16.5. The molecule has 0 bridgehead atoms. The first kappa shape index (κ1) is 14.6. The highest BCUT2D eigenvalue weighted by molar-refractivity contribution is 5.86. The number of nitrogens with one attached hydrogen (secondary N) is 1. The lowest BCUT2D eigenvalue weighted by atomic mass is 9.94. The van der Waals surface area contributed by atoms with E-state index in [1.807, 2.05) is 0 Å². The number of rotatable bonds is 6. The van der Waals surface area contributed by atoms with E-state index in [1.54, 1.807) is 0 Å². The highest BCUT2D eigenvalue weighted by Gasteiger charge is 2.22. The Hall–Kier alpha value is -1.38. The Labute approximate surface area is 127 Å². The van der Waals surface area contributed by atoms with Crippen LogP contribution in [0.15, 0.2) is 42.5 Å². The second-order valence-corrected chi connectivity index (χ2v) is 5.95. The molecule has 2 heteroatoms. The third-order valence-electron chi connectivity index (χ3n) is 4.36. The van der Waals surface area contributed by atoms with E-state index in [4.69, 9.17) is 4.74 Å². The zero-order valence-electron chi connectivity index (χ0n) is 12.8. The first-order valence-electron chi connectivity index (χ1n) is 8.21. The van der Waals surface area contributed by atoms with Crippen LogP contribution in [0.3, 0.4) is 0 Å². The van der Waals surface area contributed by atoms with Crippen LogP contribution in [0.25, 0.3) is 10.8 Å². The van der Waals surface area contributed by atoms with E-state index >= 15 is 0 Å². The van der Waals surface area contributed by atoms with Gasteiger partial charge in [0.1, 0.15) is 0 Å². The Kier molecular flexibility index (Phi) is 4.89. The third-order valence-corrected chi connectivity index (χ3v) is 4.36. The maximum absolute atomic E-state index is 5.86. The molecule has 0 amide bonds. The van der Waals surface area contributed by atoms with Gasteiger partial charge >= 0.3 is 0 Å². The molecule has 0 aliphatic carbocycles. The van der Waals surface area contributed by atoms with Crippen molar-refractivity contribution in [2.75, 3.05) is 13.2 Å². The van der Waals surface area contributed by atoms with Crippen molar-refractivity contribution >= 4 is 10.8 Å². The van der Waals surface area contributed by atoms with Gasteiger partial charge in [0.05, 0.1) is 6.10 Å². The summed E-state index contributed by atoms with van der Waals surface area (Å²) in [5.41, 5.74) is 1.41. The van der Waals surface area contributed by atoms with Gasteiger partial charge in [0.25, 0.3) is 0 Å². The number of ether oxygens (including phenoxy) is 1. The van der Waals surface area contributed by atoms with Crippen molar-refractivity contribution in [1.29, 1.82) is 0 Å². The van der Waals surface area contributed by atoms with Crippen LogP contribution in [0, 0.1) is 0 Å². The van der Waals surface area contributed by atoms with Crippen molar-refractivity contribution in [3.63, 3.8) is 0 Å². The average molecular weight is 283 g/mol. The molecule has 1 aliphatic heterocycles. The van der Waals surface area contributed by atoms with Crippen LogP contribution in [-0.4, -0.2) is 19.3 Å². The van der Waals surface area contributed by atoms with Crippen LogP contribution in [0.5, 0.6) is 0 Å². The van der Waals surface area contributed by atoms with Gasteiger partial charge < -0.3 is 10.1 Å². The van der Waals surface area contributed by atoms with Gasteiger partial charge in [0.15, 0.2) is 0 Å². The van der Waals surface area contributed by atoms with Gasteiger partial charge in [-0.2, -0.15) is 0 Å². The van der Waals surface area contributed by atoms with Crippen LogP contribution < -0.4 is 5.32 Å². The summed E-state index contributed by atoms with van der Waals surface area (Å²) in [7, 11) is 0. The molecule has 2 nitrogen and oxygen atoms in total. The maximum Gasteiger partial charge on any atom is 0.0594 e. The maximum atomic E-state index is 5.86. The van der Waals surface area contributed by atoms with Gasteiger partial charge in [-0.05, 0) is 48.6 Å². The summed E-state index contributed by atoms with van der Waals surface area (Å²) in [6.45, 7) is 4.21. The lowest BCUT2D eigenvalue weighted by Gasteiger charge is -2.23. The minimum atomic E-state index is 0.388. The van der Waals surface area contributed by atoms with Crippen molar-refractivity contribution in [2.45, 2.75) is 44.8 Å². The van der Waals surface area contributed by atoms with Crippen LogP contribution in [0.1, 0.15) is 44.2 Å². The Morgan fingerprint density at radius 3 is 2.86 bits per heavy atom. The third kappa shape index (κ3) is 3.45. The van der Waals surface area contributed by atoms with E-state index in [-0.39, 0.29) is 0 Å². The van der Waals surface area contributed by atoms with Crippen molar-refractivity contribution in [2.24, 2.45) is 0 Å². The summed E-state index contributed by atoms with van der Waals surface area (Å²) in [6, 6.07) is 15.7. The van der Waals surface area contributed by atoms with Crippen LogP contribution in [-0.2, 0) is 4.74 Å². The zero-order valence-corrected chi connectivity index (χ0v) is 12.8. The Morgan fingerprint density at radius 1 is 1.19 bits per heavy atom. The Balaban J connectivity index is 1.89. The number of fused-ring (bicyclic) bond motifs is 1. The van der Waals surface area contributed by atoms with E-state index in [0.717, 1.165) is 26.0 Å². The summed E-state index contributed by atoms with van der Waals surface area (Å²) < 4.78 is 5.86. The highest BCUT2D eigenvalue weighted by Crippen LogP contribution is 2.30. The van der Waals surface area contributed by atoms with E-state index in [9.17, 15) is 0 Å². The smallest absolute Gasteiger partial charge is 0.0594 e. The summed E-state index contributed by atoms with van der Waals surface area (Å²) >= 11 is 0. The topological polar surface area (TPSA) is 21.3 Å². The molecule has 1 fully saturated rings. The average Bonchev–Trinajstić information content (AvgIpc) is 3.04. The van der Waals surface area contributed by atoms with E-state index < -0.39 is 0 Å². The molecule has 2 aromatic rings. The van der Waals surface area contributed by atoms with Crippen LogP contribution >= 0.6 is 0 Å². The lowest BCUT2D eigenvalue weighted by Crippen LogP contribution is -2.26. The quantitative estimate of drug-likeness (QED) is 0.845. The molecule has 1 heterocycles. The van der Waals surface area contributed by atoms with Crippen molar-refractivity contribution in [1.82, 2.24) is 5.32 Å². The molecule has 112 valence electrons. The molecule has 2 aromatic carbocycles. The Bertz CT molecular complexity index is 569. The molecule has 2 unspecified atom stereocenters. The Morgan fingerprint density at radius 2 is 2.05 bits per heavy atom. The molecular formula is C19H25NO. The van der Waals surface area contributed by atoms with Crippen molar-refractivity contribution in [3.05, 3.63) is 48.0 Å². The van der Waals surface area contributed by atoms with Crippen molar-refractivity contribution in [3.8, 4) is 0 Å². The molecule has 0 aromatic heterocycles. The monoisotopic (exact) mass is 283 g/mol. The minimum Gasteiger partial charge on any atom is -0.378 e. The first-order valence-corrected chi connectivity index (χ1v) is 8.21. The van der Waals surface area contributed by atoms with E-state index in [0.29, 0.717) is 12.1 Å². The van der Waals surface area contributed by atoms with Gasteiger partial charge in [-0.25, -0.2) is 0 Å². The molecule has 0 saturated carbocycles. The summed E-state index contributed by atoms with van der Waals surface area (Å²) in [5.74, 6) is 0. The lowest BCUT2D eigenvalue weighted by molar-refractivity contribution is 0.0947. The summed E-state index contributed by atoms with van der Waals surface area (Å²) in [5, 5.41) is 6.42. The minimum absolute atomic E-state index is 0.388. The second kappa shape index (κ2) is 7.06. The molecule has 0 spiro atoms. The molecule has 1 saturated heterocycles. The van der Waals surface area contributed by atoms with Gasteiger partial charge in [-0.1, -0.05) is 49.4 Å². The SMILES string of the molecule is CCCNC(CC1CCCO1)c1cccc2ccccc12. The fourth-order valence-corrected chi connectivity index (χ4v) is 3.29. The summed E-state index contributed by atoms with van der Waals surface area (Å²) in [6.07, 6.45) is 5.06. The molecule has 1 N–H and O–H groups in total. The predicted molar refractivity (Wildman–Crippen MR) is 88.6 cm³/mol. The molecule has 1 aliphatic rings. The van der Waals surface area contributed by atoms with Crippen LogP contribution in [0.4, 0.5) is 0 Å². The summed E-state index contributed by atoms with van der Waals surface area (Å²) in [4.78, 5) is 0. The zero-order chi connectivity index (χ0) is 14.5.